The number of rotatable bonds is 1. The summed E-state index contributed by atoms with van der Waals surface area (Å²) in [5.74, 6) is -6.97. The number of fused-ring (bicyclic) bond motifs is 1. The van der Waals surface area contributed by atoms with E-state index in [4.69, 9.17) is 0 Å². The monoisotopic (exact) mass is 293 g/mol. The van der Waals surface area contributed by atoms with Crippen LogP contribution in [0.1, 0.15) is 22.3 Å². The molecule has 20 heavy (non-hydrogen) atoms. The molecule has 0 spiro atoms. The van der Waals surface area contributed by atoms with Crippen LogP contribution in [0.4, 0.5) is 27.6 Å². The van der Waals surface area contributed by atoms with Gasteiger partial charge in [-0.1, -0.05) is 0 Å². The van der Waals surface area contributed by atoms with Crippen LogP contribution in [0.5, 0.6) is 0 Å². The van der Waals surface area contributed by atoms with Crippen molar-refractivity contribution in [2.45, 2.75) is 24.9 Å². The fraction of sp³-hybridized carbons (Fsp3) is 0.333. The van der Waals surface area contributed by atoms with E-state index in [1.807, 2.05) is 0 Å². The second kappa shape index (κ2) is 4.53. The lowest BCUT2D eigenvalue weighted by molar-refractivity contribution is -0.167. The van der Waals surface area contributed by atoms with E-state index in [1.54, 1.807) is 5.32 Å². The Bertz CT molecular complexity index is 580. The van der Waals surface area contributed by atoms with Crippen LogP contribution in [0.15, 0.2) is 18.2 Å². The second-order valence-corrected chi connectivity index (χ2v) is 4.36. The van der Waals surface area contributed by atoms with E-state index >= 15 is 0 Å². The largest absolute Gasteiger partial charge is 0.471 e. The van der Waals surface area contributed by atoms with Crippen LogP contribution in [0.3, 0.4) is 0 Å². The third-order valence-electron chi connectivity index (χ3n) is 2.91. The molecule has 0 bridgehead atoms. The highest BCUT2D eigenvalue weighted by molar-refractivity contribution is 6.04. The topological polar surface area (TPSA) is 46.2 Å². The molecule has 0 aliphatic heterocycles. The summed E-state index contributed by atoms with van der Waals surface area (Å²) >= 11 is 0. The lowest BCUT2D eigenvalue weighted by atomic mass is 9.87. The highest BCUT2D eigenvalue weighted by Crippen LogP contribution is 2.34. The number of Topliss-reactive ketones (excluding diaryl/α,β-unsaturated/α-hetero) is 1. The number of nitrogens with one attached hydrogen (secondary N) is 1. The van der Waals surface area contributed by atoms with Crippen molar-refractivity contribution in [2.75, 3.05) is 5.32 Å². The Labute approximate surface area is 109 Å². The van der Waals surface area contributed by atoms with Gasteiger partial charge in [0, 0.05) is 17.7 Å². The van der Waals surface area contributed by atoms with Crippen molar-refractivity contribution in [3.8, 4) is 0 Å². The summed E-state index contributed by atoms with van der Waals surface area (Å²) in [5.41, 5.74) is -0.226. The molecule has 1 amide bonds. The summed E-state index contributed by atoms with van der Waals surface area (Å²) in [6.45, 7) is 0. The van der Waals surface area contributed by atoms with Crippen molar-refractivity contribution in [3.05, 3.63) is 29.3 Å². The predicted molar refractivity (Wildman–Crippen MR) is 58.7 cm³/mol. The molecule has 1 N–H and O–H groups in total. The zero-order valence-electron chi connectivity index (χ0n) is 9.85. The minimum Gasteiger partial charge on any atom is -0.318 e. The molecule has 1 aromatic carbocycles. The Morgan fingerprint density at radius 3 is 2.50 bits per heavy atom. The Morgan fingerprint density at radius 1 is 1.25 bits per heavy atom. The first kappa shape index (κ1) is 14.4. The molecule has 0 unspecified atom stereocenters. The Kier molecular flexibility index (Phi) is 3.27. The van der Waals surface area contributed by atoms with E-state index in [0.29, 0.717) is 0 Å². The average Bonchev–Trinajstić information content (AvgIpc) is 2.33. The fourth-order valence-electron chi connectivity index (χ4n) is 1.90. The third kappa shape index (κ3) is 2.63. The van der Waals surface area contributed by atoms with Gasteiger partial charge in [0.25, 0.3) is 0 Å². The quantitative estimate of drug-likeness (QED) is 0.809. The number of benzene rings is 1. The van der Waals surface area contributed by atoms with Crippen molar-refractivity contribution >= 4 is 17.4 Å². The van der Waals surface area contributed by atoms with E-state index < -0.39 is 30.2 Å². The van der Waals surface area contributed by atoms with Crippen molar-refractivity contribution in [3.63, 3.8) is 0 Å². The maximum atomic E-state index is 13.2. The number of ketones is 1. The van der Waals surface area contributed by atoms with Crippen molar-refractivity contribution in [2.24, 2.45) is 0 Å². The van der Waals surface area contributed by atoms with E-state index in [2.05, 4.69) is 0 Å². The lowest BCUT2D eigenvalue weighted by Crippen LogP contribution is -2.34. The van der Waals surface area contributed by atoms with Crippen LogP contribution in [-0.4, -0.2) is 23.8 Å². The number of carbonyl (C=O) groups excluding carboxylic acids is 2. The van der Waals surface area contributed by atoms with Crippen LogP contribution in [0.25, 0.3) is 0 Å². The minimum absolute atomic E-state index is 0.149. The first-order chi connectivity index (χ1) is 9.11. The first-order valence-electron chi connectivity index (χ1n) is 5.55. The van der Waals surface area contributed by atoms with Gasteiger partial charge in [-0.2, -0.15) is 22.0 Å². The Balaban J connectivity index is 2.26. The van der Waals surface area contributed by atoms with E-state index in [9.17, 15) is 31.5 Å². The summed E-state index contributed by atoms with van der Waals surface area (Å²) < 4.78 is 62.6. The van der Waals surface area contributed by atoms with Gasteiger partial charge in [-0.15, -0.1) is 0 Å². The van der Waals surface area contributed by atoms with Gasteiger partial charge in [-0.05, 0) is 30.2 Å². The molecule has 1 aliphatic carbocycles. The van der Waals surface area contributed by atoms with Gasteiger partial charge < -0.3 is 5.32 Å². The summed E-state index contributed by atoms with van der Waals surface area (Å²) in [6.07, 6.45) is -5.89. The molecule has 0 fully saturated rings. The molecule has 0 saturated heterocycles. The molecule has 1 aromatic rings. The SMILES string of the molecule is O=C(Nc1ccc2c(c1)CCC(F)(F)C2=O)C(F)(F)F. The van der Waals surface area contributed by atoms with Crippen molar-refractivity contribution in [1.29, 1.82) is 0 Å². The number of halogens is 5. The molecule has 0 radical (unpaired) electrons. The second-order valence-electron chi connectivity index (χ2n) is 4.36. The number of hydrogen-bond acceptors (Lipinski definition) is 2. The van der Waals surface area contributed by atoms with Crippen LogP contribution < -0.4 is 5.32 Å². The number of amides is 1. The van der Waals surface area contributed by atoms with Gasteiger partial charge in [-0.25, -0.2) is 0 Å². The van der Waals surface area contributed by atoms with E-state index in [0.717, 1.165) is 18.2 Å². The number of hydrogen-bond donors (Lipinski definition) is 1. The highest BCUT2D eigenvalue weighted by atomic mass is 19.4. The average molecular weight is 293 g/mol. The molecular formula is C12H8F5NO2. The van der Waals surface area contributed by atoms with Crippen LogP contribution in [0, 0.1) is 0 Å². The van der Waals surface area contributed by atoms with Crippen molar-refractivity contribution < 1.29 is 31.5 Å². The van der Waals surface area contributed by atoms with Crippen LogP contribution in [0.2, 0.25) is 0 Å². The summed E-state index contributed by atoms with van der Waals surface area (Å²) in [4.78, 5) is 22.2. The molecule has 0 saturated carbocycles. The predicted octanol–water partition coefficient (Wildman–Crippen LogP) is 2.95. The van der Waals surface area contributed by atoms with Gasteiger partial charge >= 0.3 is 18.0 Å². The molecule has 0 aromatic heterocycles. The van der Waals surface area contributed by atoms with Gasteiger partial charge in [0.1, 0.15) is 0 Å². The van der Waals surface area contributed by atoms with E-state index in [-0.39, 0.29) is 23.2 Å². The van der Waals surface area contributed by atoms with Gasteiger partial charge in [0.15, 0.2) is 0 Å². The van der Waals surface area contributed by atoms with Gasteiger partial charge in [0.05, 0.1) is 0 Å². The number of aryl methyl sites for hydroxylation is 1. The standard InChI is InChI=1S/C12H8F5NO2/c13-11(14)4-3-6-5-7(1-2-8(6)9(11)19)18-10(20)12(15,16)17/h1-2,5H,3-4H2,(H,18,20). The Morgan fingerprint density at radius 2 is 1.90 bits per heavy atom. The van der Waals surface area contributed by atoms with Gasteiger partial charge in [0.2, 0.25) is 5.78 Å². The maximum absolute atomic E-state index is 13.2. The molecular weight excluding hydrogens is 285 g/mol. The van der Waals surface area contributed by atoms with Crippen LogP contribution >= 0.6 is 0 Å². The van der Waals surface area contributed by atoms with Crippen molar-refractivity contribution in [1.82, 2.24) is 0 Å². The number of alkyl halides is 5. The number of carbonyl (C=O) groups is 2. The molecule has 3 nitrogen and oxygen atoms in total. The molecule has 0 heterocycles. The Hall–Kier alpha value is -1.99. The maximum Gasteiger partial charge on any atom is 0.471 e. The smallest absolute Gasteiger partial charge is 0.318 e. The molecule has 108 valence electrons. The highest BCUT2D eigenvalue weighted by Gasteiger charge is 2.43. The summed E-state index contributed by atoms with van der Waals surface area (Å²) in [7, 11) is 0. The lowest BCUT2D eigenvalue weighted by Gasteiger charge is -2.23. The first-order valence-corrected chi connectivity index (χ1v) is 5.55. The minimum atomic E-state index is -5.04. The van der Waals surface area contributed by atoms with Crippen LogP contribution in [-0.2, 0) is 11.2 Å². The summed E-state index contributed by atoms with van der Waals surface area (Å²) in [5, 5.41) is 1.60. The fourth-order valence-corrected chi connectivity index (χ4v) is 1.90. The number of anilines is 1. The zero-order chi connectivity index (χ0) is 15.1. The molecule has 0 atom stereocenters. The molecule has 1 aliphatic rings. The molecule has 8 heteroatoms. The summed E-state index contributed by atoms with van der Waals surface area (Å²) in [6, 6.07) is 3.09. The van der Waals surface area contributed by atoms with E-state index in [1.165, 1.54) is 0 Å². The molecule has 2 rings (SSSR count). The third-order valence-corrected chi connectivity index (χ3v) is 2.91. The normalized spacial score (nSPS) is 17.6. The van der Waals surface area contributed by atoms with Gasteiger partial charge in [-0.3, -0.25) is 9.59 Å². The zero-order valence-corrected chi connectivity index (χ0v) is 9.85.